The normalized spacial score (nSPS) is 25.8. The van der Waals surface area contributed by atoms with Gasteiger partial charge >= 0.3 is 0 Å². The van der Waals surface area contributed by atoms with Gasteiger partial charge < -0.3 is 4.79 Å². The molecule has 0 bridgehead atoms. The molecule has 0 N–H and O–H groups in total. The number of aldehydes is 1. The molecule has 0 saturated heterocycles. The molecule has 3 nitrogen and oxygen atoms in total. The Hall–Kier alpha value is -0.990. The largest absolute Gasteiger partial charge is 0.301 e. The van der Waals surface area contributed by atoms with Gasteiger partial charge in [0.2, 0.25) is 0 Å². The van der Waals surface area contributed by atoms with E-state index in [0.29, 0.717) is 6.42 Å². The maximum Gasteiger partial charge on any atom is 0.146 e. The van der Waals surface area contributed by atoms with Crippen LogP contribution in [-0.4, -0.2) is 12.3 Å². The summed E-state index contributed by atoms with van der Waals surface area (Å²) in [6, 6.07) is -0.222. The van der Waals surface area contributed by atoms with Crippen LogP contribution in [0.3, 0.4) is 0 Å². The summed E-state index contributed by atoms with van der Waals surface area (Å²) >= 11 is 0. The van der Waals surface area contributed by atoms with Crippen LogP contribution in [0.25, 0.3) is 0 Å². The van der Waals surface area contributed by atoms with Crippen LogP contribution in [0.1, 0.15) is 6.42 Å². The Kier molecular flexibility index (Phi) is 1.51. The molecule has 1 heterocycles. The van der Waals surface area contributed by atoms with E-state index in [1.807, 2.05) is 6.08 Å². The Morgan fingerprint density at radius 3 is 3.00 bits per heavy atom. The summed E-state index contributed by atoms with van der Waals surface area (Å²) in [4.78, 5) is 9.97. The van der Waals surface area contributed by atoms with Gasteiger partial charge in [-0.15, -0.1) is 0 Å². The number of hydrogen-bond acceptors (Lipinski definition) is 3. The van der Waals surface area contributed by atoms with Gasteiger partial charge in [0, 0.05) is 6.20 Å². The van der Waals surface area contributed by atoms with Gasteiger partial charge in [0.05, 0.1) is 0 Å². The topological polar surface area (TPSA) is 41.8 Å². The summed E-state index contributed by atoms with van der Waals surface area (Å²) in [5.74, 6) is 0. The van der Waals surface area contributed by atoms with Crippen LogP contribution < -0.4 is 0 Å². The summed E-state index contributed by atoms with van der Waals surface area (Å²) in [6.07, 6.45) is 4.92. The van der Waals surface area contributed by atoms with Crippen LogP contribution in [0, 0.1) is 0 Å². The van der Waals surface area contributed by atoms with Crippen LogP contribution in [0.4, 0.5) is 0 Å². The summed E-state index contributed by atoms with van der Waals surface area (Å²) in [6.45, 7) is 0. The first kappa shape index (κ1) is 5.15. The van der Waals surface area contributed by atoms with Crippen molar-refractivity contribution in [2.75, 3.05) is 0 Å². The van der Waals surface area contributed by atoms with E-state index in [1.165, 1.54) is 0 Å². The number of nitrogens with zero attached hydrogens (tertiary/aromatic N) is 2. The Bertz CT molecular complexity index is 139. The lowest BCUT2D eigenvalue weighted by Gasteiger charge is -1.99. The lowest BCUT2D eigenvalue weighted by molar-refractivity contribution is -0.108. The van der Waals surface area contributed by atoms with E-state index in [4.69, 9.17) is 0 Å². The molecule has 0 saturated carbocycles. The highest BCUT2D eigenvalue weighted by Crippen LogP contribution is 2.02. The number of carbonyl (C=O) groups excluding carboxylic acids is 1. The van der Waals surface area contributed by atoms with E-state index in [-0.39, 0.29) is 6.04 Å². The molecule has 0 aromatic carbocycles. The Morgan fingerprint density at radius 1 is 1.75 bits per heavy atom. The molecule has 0 aromatic heterocycles. The Balaban J connectivity index is 2.51. The molecule has 1 unspecified atom stereocenters. The van der Waals surface area contributed by atoms with Gasteiger partial charge in [0.1, 0.15) is 12.3 Å². The third kappa shape index (κ3) is 0.992. The predicted octanol–water partition coefficient (Wildman–Crippen LogP) is 0.923. The molecular weight excluding hydrogens is 104 g/mol. The first-order valence-electron chi connectivity index (χ1n) is 2.44. The number of hydrogen-bond donors (Lipinski definition) is 0. The first-order chi connectivity index (χ1) is 3.93. The molecule has 42 valence electrons. The second-order valence-electron chi connectivity index (χ2n) is 1.55. The molecule has 0 amide bonds. The lowest BCUT2D eigenvalue weighted by Crippen LogP contribution is -2.04. The maximum absolute atomic E-state index is 9.97. The molecule has 0 aromatic rings. The van der Waals surface area contributed by atoms with Gasteiger partial charge in [-0.25, -0.2) is 0 Å². The van der Waals surface area contributed by atoms with Crippen molar-refractivity contribution in [2.24, 2.45) is 10.2 Å². The number of rotatable bonds is 1. The minimum absolute atomic E-state index is 0.222. The fourth-order valence-corrected chi connectivity index (χ4v) is 0.501. The van der Waals surface area contributed by atoms with Crippen LogP contribution >= 0.6 is 0 Å². The standard InChI is InChI=1S/C5H6N2O/c8-4-5-2-1-3-6-7-5/h1,3-5H,2H2. The van der Waals surface area contributed by atoms with E-state index >= 15 is 0 Å². The van der Waals surface area contributed by atoms with Crippen LogP contribution in [-0.2, 0) is 4.79 Å². The fourth-order valence-electron chi connectivity index (χ4n) is 0.501. The van der Waals surface area contributed by atoms with Crippen molar-refractivity contribution in [1.29, 1.82) is 0 Å². The van der Waals surface area contributed by atoms with Crippen molar-refractivity contribution in [2.45, 2.75) is 12.5 Å². The molecule has 1 rings (SSSR count). The average molecular weight is 110 g/mol. The molecule has 1 aliphatic heterocycles. The van der Waals surface area contributed by atoms with E-state index in [2.05, 4.69) is 10.2 Å². The Morgan fingerprint density at radius 2 is 2.62 bits per heavy atom. The van der Waals surface area contributed by atoms with E-state index in [9.17, 15) is 4.79 Å². The van der Waals surface area contributed by atoms with Crippen LogP contribution in [0.5, 0.6) is 0 Å². The average Bonchev–Trinajstić information content (AvgIpc) is 1.90. The molecule has 3 heteroatoms. The molecule has 0 fully saturated rings. The number of carbonyl (C=O) groups is 1. The minimum Gasteiger partial charge on any atom is -0.301 e. The maximum atomic E-state index is 9.97. The van der Waals surface area contributed by atoms with E-state index in [1.54, 1.807) is 6.20 Å². The molecule has 1 aliphatic rings. The van der Waals surface area contributed by atoms with Gasteiger partial charge in [0.25, 0.3) is 0 Å². The molecule has 0 aliphatic carbocycles. The highest BCUT2D eigenvalue weighted by atomic mass is 16.1. The van der Waals surface area contributed by atoms with Crippen LogP contribution in [0.15, 0.2) is 22.5 Å². The van der Waals surface area contributed by atoms with Crippen molar-refractivity contribution in [3.63, 3.8) is 0 Å². The second kappa shape index (κ2) is 2.35. The van der Waals surface area contributed by atoms with Crippen molar-refractivity contribution in [1.82, 2.24) is 0 Å². The van der Waals surface area contributed by atoms with Gasteiger partial charge in [-0.3, -0.25) is 0 Å². The summed E-state index contributed by atoms with van der Waals surface area (Å²) in [5, 5.41) is 7.16. The molecular formula is C5H6N2O. The zero-order valence-electron chi connectivity index (χ0n) is 4.32. The minimum atomic E-state index is -0.222. The molecule has 0 spiro atoms. The third-order valence-electron chi connectivity index (χ3n) is 0.922. The van der Waals surface area contributed by atoms with Crippen molar-refractivity contribution in [3.05, 3.63) is 12.3 Å². The molecule has 1 atom stereocenters. The molecule has 0 radical (unpaired) electrons. The van der Waals surface area contributed by atoms with Crippen molar-refractivity contribution < 1.29 is 4.79 Å². The van der Waals surface area contributed by atoms with Gasteiger partial charge in [0.15, 0.2) is 0 Å². The third-order valence-corrected chi connectivity index (χ3v) is 0.922. The van der Waals surface area contributed by atoms with E-state index in [0.717, 1.165) is 6.29 Å². The highest BCUT2D eigenvalue weighted by molar-refractivity contribution is 5.58. The SMILES string of the molecule is O=CC1CC=CN=N1. The van der Waals surface area contributed by atoms with Crippen LogP contribution in [0.2, 0.25) is 0 Å². The fraction of sp³-hybridized carbons (Fsp3) is 0.400. The smallest absolute Gasteiger partial charge is 0.146 e. The van der Waals surface area contributed by atoms with E-state index < -0.39 is 0 Å². The lowest BCUT2D eigenvalue weighted by atomic mass is 10.2. The molecule has 8 heavy (non-hydrogen) atoms. The quantitative estimate of drug-likeness (QED) is 0.463. The van der Waals surface area contributed by atoms with Gasteiger partial charge in [-0.2, -0.15) is 10.2 Å². The zero-order chi connectivity index (χ0) is 5.82. The zero-order valence-corrected chi connectivity index (χ0v) is 4.32. The highest BCUT2D eigenvalue weighted by Gasteiger charge is 2.02. The monoisotopic (exact) mass is 110 g/mol. The predicted molar refractivity (Wildman–Crippen MR) is 28.5 cm³/mol. The summed E-state index contributed by atoms with van der Waals surface area (Å²) in [7, 11) is 0. The number of azo groups is 1. The van der Waals surface area contributed by atoms with Gasteiger partial charge in [-0.05, 0) is 6.42 Å². The second-order valence-corrected chi connectivity index (χ2v) is 1.55. The Labute approximate surface area is 47.1 Å². The van der Waals surface area contributed by atoms with Crippen molar-refractivity contribution >= 4 is 6.29 Å². The summed E-state index contributed by atoms with van der Waals surface area (Å²) in [5.41, 5.74) is 0. The van der Waals surface area contributed by atoms with Gasteiger partial charge in [-0.1, -0.05) is 6.08 Å². The first-order valence-corrected chi connectivity index (χ1v) is 2.44. The summed E-state index contributed by atoms with van der Waals surface area (Å²) < 4.78 is 0. The van der Waals surface area contributed by atoms with Crippen molar-refractivity contribution in [3.8, 4) is 0 Å².